The summed E-state index contributed by atoms with van der Waals surface area (Å²) in [6, 6.07) is 0. The molecule has 1 radical (unpaired) electrons. The van der Waals surface area contributed by atoms with Crippen LogP contribution in [-0.4, -0.2) is 8.30 Å². The smallest absolute Gasteiger partial charge is 0.167 e. The molecule has 1 unspecified atom stereocenters. The Labute approximate surface area is 113 Å². The van der Waals surface area contributed by atoms with Gasteiger partial charge in [-0.05, 0) is 30.2 Å². The summed E-state index contributed by atoms with van der Waals surface area (Å²) < 4.78 is 0.225. The molecule has 0 aromatic carbocycles. The highest BCUT2D eigenvalue weighted by molar-refractivity contribution is 14.4. The first-order valence-electron chi connectivity index (χ1n) is 4.55. The Bertz CT molecular complexity index is 168. The highest BCUT2D eigenvalue weighted by atomic mass is 127. The first-order valence-corrected chi connectivity index (χ1v) is 23.7. The number of rotatable bonds is 3. The van der Waals surface area contributed by atoms with Crippen molar-refractivity contribution in [3.8, 4) is 0 Å². The summed E-state index contributed by atoms with van der Waals surface area (Å²) >= 11 is 6.46. The molecule has 0 spiro atoms. The van der Waals surface area contributed by atoms with Crippen molar-refractivity contribution in [2.75, 3.05) is 0 Å². The molecular formula is C7H14I3Si2. The SMILES string of the molecule is I[SiH2][I][SiH](I)C12CCC(CC1)C2. The topological polar surface area (TPSA) is 0 Å². The van der Waals surface area contributed by atoms with Gasteiger partial charge in [-0.25, -0.2) is 0 Å². The molecule has 0 aromatic heterocycles. The number of halogens is 3. The van der Waals surface area contributed by atoms with Crippen LogP contribution < -0.4 is 0 Å². The van der Waals surface area contributed by atoms with Gasteiger partial charge in [0.2, 0.25) is 0 Å². The zero-order valence-corrected chi connectivity index (χ0v) is 16.1. The van der Waals surface area contributed by atoms with Crippen molar-refractivity contribution >= 4 is 71.5 Å². The molecule has 1 atom stereocenters. The minimum atomic E-state index is -0.215. The van der Waals surface area contributed by atoms with E-state index in [4.69, 9.17) is 0 Å². The zero-order valence-electron chi connectivity index (χ0n) is 7.03. The van der Waals surface area contributed by atoms with Crippen LogP contribution in [-0.2, 0) is 0 Å². The van der Waals surface area contributed by atoms with Gasteiger partial charge in [-0.15, -0.1) is 43.6 Å². The predicted molar refractivity (Wildman–Crippen MR) is 87.0 cm³/mol. The molecule has 12 heavy (non-hydrogen) atoms. The van der Waals surface area contributed by atoms with E-state index < -0.39 is 0 Å². The second-order valence-corrected chi connectivity index (χ2v) is 43.2. The molecule has 71 valence electrons. The fourth-order valence-electron chi connectivity index (χ4n) is 2.76. The third-order valence-corrected chi connectivity index (χ3v) is 64.8. The maximum atomic E-state index is 2.94. The molecule has 2 fully saturated rings. The van der Waals surface area contributed by atoms with Crippen molar-refractivity contribution in [3.05, 3.63) is 0 Å². The Hall–Kier alpha value is 2.62. The number of fused-ring (bicyclic) bond motifs is 2. The molecule has 5 heteroatoms. The summed E-state index contributed by atoms with van der Waals surface area (Å²) in [6.07, 6.45) is 8.21. The summed E-state index contributed by atoms with van der Waals surface area (Å²) in [7, 11) is 0. The van der Waals surface area contributed by atoms with Gasteiger partial charge in [0.1, 0.15) is 4.51 Å². The lowest BCUT2D eigenvalue weighted by molar-refractivity contribution is 0.490. The van der Waals surface area contributed by atoms with Crippen LogP contribution in [0.1, 0.15) is 32.1 Å². The normalized spacial score (nSPS) is 43.0. The lowest BCUT2D eigenvalue weighted by atomic mass is 10.0. The molecule has 0 aromatic rings. The van der Waals surface area contributed by atoms with E-state index in [-0.39, 0.29) is 3.79 Å². The van der Waals surface area contributed by atoms with Crippen molar-refractivity contribution in [1.82, 2.24) is 0 Å². The average Bonchev–Trinajstić information content (AvgIpc) is 2.64. The van der Waals surface area contributed by atoms with E-state index >= 15 is 0 Å². The monoisotopic (exact) mass is 535 g/mol. The molecule has 0 saturated heterocycles. The number of hydrogen-bond acceptors (Lipinski definition) is 0. The molecule has 0 amide bonds. The maximum Gasteiger partial charge on any atom is 0.167 e. The maximum absolute atomic E-state index is 2.94. The van der Waals surface area contributed by atoms with E-state index in [0.29, 0.717) is 4.51 Å². The van der Waals surface area contributed by atoms with E-state index in [1.807, 2.05) is 0 Å². The van der Waals surface area contributed by atoms with E-state index in [9.17, 15) is 0 Å². The Morgan fingerprint density at radius 2 is 2.08 bits per heavy atom. The second kappa shape index (κ2) is 4.64. The number of hydrogen-bond donors (Lipinski definition) is 0. The van der Waals surface area contributed by atoms with Crippen LogP contribution in [0, 0.1) is 5.92 Å². The van der Waals surface area contributed by atoms with E-state index in [1.165, 1.54) is 5.92 Å². The van der Waals surface area contributed by atoms with Gasteiger partial charge in [0.25, 0.3) is 0 Å². The lowest BCUT2D eigenvalue weighted by Crippen LogP contribution is -2.19. The van der Waals surface area contributed by atoms with Crippen LogP contribution in [0.2, 0.25) is 5.04 Å². The third-order valence-electron chi connectivity index (χ3n) is 3.45. The zero-order chi connectivity index (χ0) is 8.60. The third kappa shape index (κ3) is 2.08. The first kappa shape index (κ1) is 11.1. The highest BCUT2D eigenvalue weighted by Gasteiger charge is 2.49. The molecule has 0 nitrogen and oxygen atoms in total. The molecule has 2 aliphatic carbocycles. The first-order chi connectivity index (χ1) is 5.77. The minimum Gasteiger partial charge on any atom is -0.182 e. The fourth-order valence-corrected chi connectivity index (χ4v) is 90.7. The Kier molecular flexibility index (Phi) is 4.30. The van der Waals surface area contributed by atoms with Gasteiger partial charge < -0.3 is 0 Å². The van der Waals surface area contributed by atoms with Gasteiger partial charge >= 0.3 is 0 Å². The largest absolute Gasteiger partial charge is 0.182 e. The van der Waals surface area contributed by atoms with Gasteiger partial charge in [-0.3, -0.25) is 0 Å². The van der Waals surface area contributed by atoms with E-state index in [2.05, 4.69) is 43.6 Å². The Balaban J connectivity index is 2.00. The summed E-state index contributed by atoms with van der Waals surface area (Å²) in [4.78, 5) is 0. The minimum absolute atomic E-state index is 0.215. The lowest BCUT2D eigenvalue weighted by Gasteiger charge is -2.30. The molecule has 2 saturated carbocycles. The van der Waals surface area contributed by atoms with Crippen LogP contribution in [0.5, 0.6) is 0 Å². The second-order valence-electron chi connectivity index (χ2n) is 4.07. The average molecular weight is 535 g/mol. The standard InChI is InChI=1S/C7H14I3Si2/c8-11-10-12(9)7-3-1-6(5-7)2-4-7/h6,12H,1-5,11H2. The van der Waals surface area contributed by atoms with Crippen molar-refractivity contribution in [2.45, 2.75) is 37.1 Å². The molecule has 0 aliphatic heterocycles. The van der Waals surface area contributed by atoms with Crippen LogP contribution in [0.3, 0.4) is 0 Å². The predicted octanol–water partition coefficient (Wildman–Crippen LogP) is 3.38. The van der Waals surface area contributed by atoms with Crippen LogP contribution in [0.25, 0.3) is 0 Å². The van der Waals surface area contributed by atoms with Crippen LogP contribution in [0.15, 0.2) is 0 Å². The Morgan fingerprint density at radius 1 is 1.42 bits per heavy atom. The summed E-state index contributed by atoms with van der Waals surface area (Å²) in [6.45, 7) is 0. The molecule has 2 bridgehead atoms. The highest BCUT2D eigenvalue weighted by Crippen LogP contribution is 2.64. The van der Waals surface area contributed by atoms with Gasteiger partial charge in [-0.1, -0.05) is 12.8 Å². The van der Waals surface area contributed by atoms with Gasteiger partial charge in [0.05, 0.1) is 0 Å². The molecular weight excluding hydrogens is 521 g/mol. The van der Waals surface area contributed by atoms with E-state index in [1.54, 1.807) is 32.1 Å². The van der Waals surface area contributed by atoms with Crippen molar-refractivity contribution in [1.29, 1.82) is 0 Å². The molecule has 2 rings (SSSR count). The van der Waals surface area contributed by atoms with Gasteiger partial charge in [0.15, 0.2) is 3.79 Å². The quantitative estimate of drug-likeness (QED) is 0.296. The van der Waals surface area contributed by atoms with Crippen molar-refractivity contribution in [3.63, 3.8) is 0 Å². The van der Waals surface area contributed by atoms with Crippen molar-refractivity contribution in [2.24, 2.45) is 5.92 Å². The van der Waals surface area contributed by atoms with Crippen molar-refractivity contribution < 1.29 is 0 Å². The van der Waals surface area contributed by atoms with Gasteiger partial charge in [-0.2, -0.15) is 19.6 Å². The molecule has 0 heterocycles. The summed E-state index contributed by atoms with van der Waals surface area (Å²) in [5.41, 5.74) is 0. The van der Waals surface area contributed by atoms with Crippen LogP contribution in [0.4, 0.5) is 0 Å². The van der Waals surface area contributed by atoms with Crippen LogP contribution >= 0.6 is 63.2 Å². The summed E-state index contributed by atoms with van der Waals surface area (Å²) in [5, 5.41) is 1.02. The Morgan fingerprint density at radius 3 is 2.50 bits per heavy atom. The molecule has 0 N–H and O–H groups in total. The molecule has 2 aliphatic rings. The van der Waals surface area contributed by atoms with E-state index in [0.717, 1.165) is 24.7 Å². The summed E-state index contributed by atoms with van der Waals surface area (Å²) in [5.74, 6) is 1.19. The van der Waals surface area contributed by atoms with Gasteiger partial charge in [0, 0.05) is 0 Å². The fraction of sp³-hybridized carbons (Fsp3) is 1.00.